The van der Waals surface area contributed by atoms with Crippen LogP contribution in [0.5, 0.6) is 17.2 Å². The van der Waals surface area contributed by atoms with E-state index in [0.717, 1.165) is 23.5 Å². The molecule has 0 bridgehead atoms. The maximum atomic E-state index is 5.68. The number of benzene rings is 2. The van der Waals surface area contributed by atoms with Crippen molar-refractivity contribution < 1.29 is 14.2 Å². The van der Waals surface area contributed by atoms with Crippen LogP contribution in [0.3, 0.4) is 0 Å². The van der Waals surface area contributed by atoms with Crippen molar-refractivity contribution in [2.45, 2.75) is 27.3 Å². The molecule has 6 heteroatoms. The van der Waals surface area contributed by atoms with E-state index >= 15 is 0 Å². The summed E-state index contributed by atoms with van der Waals surface area (Å²) < 4.78 is 16.6. The highest BCUT2D eigenvalue weighted by atomic mass is 16.5. The van der Waals surface area contributed by atoms with Crippen molar-refractivity contribution in [3.05, 3.63) is 48.0 Å². The van der Waals surface area contributed by atoms with Crippen LogP contribution >= 0.6 is 0 Å². The van der Waals surface area contributed by atoms with E-state index in [9.17, 15) is 0 Å². The number of para-hydroxylation sites is 1. The minimum absolute atomic E-state index is 0.514. The average molecular weight is 371 g/mol. The van der Waals surface area contributed by atoms with Gasteiger partial charge in [-0.3, -0.25) is 0 Å². The fraction of sp³-hybridized carbons (Fsp3) is 0.381. The number of methoxy groups -OCH3 is 1. The third kappa shape index (κ3) is 6.09. The maximum Gasteiger partial charge on any atom is 0.196 e. The maximum absolute atomic E-state index is 5.68. The largest absolute Gasteiger partial charge is 0.494 e. The Hall–Kier alpha value is -2.89. The minimum atomic E-state index is 0.514. The molecule has 0 aromatic heterocycles. The van der Waals surface area contributed by atoms with Gasteiger partial charge in [-0.15, -0.1) is 0 Å². The normalized spacial score (nSPS) is 11.0. The van der Waals surface area contributed by atoms with E-state index in [2.05, 4.69) is 15.6 Å². The lowest BCUT2D eigenvalue weighted by molar-refractivity contribution is 0.311. The van der Waals surface area contributed by atoms with Crippen molar-refractivity contribution >= 4 is 11.6 Å². The monoisotopic (exact) mass is 371 g/mol. The first-order valence-electron chi connectivity index (χ1n) is 9.28. The van der Waals surface area contributed by atoms with Crippen molar-refractivity contribution in [2.75, 3.05) is 32.2 Å². The summed E-state index contributed by atoms with van der Waals surface area (Å²) in [5.41, 5.74) is 1.92. The molecule has 27 heavy (non-hydrogen) atoms. The predicted molar refractivity (Wildman–Crippen MR) is 110 cm³/mol. The molecule has 0 aliphatic carbocycles. The Balaban J connectivity index is 2.18. The van der Waals surface area contributed by atoms with Gasteiger partial charge in [0.05, 0.1) is 26.9 Å². The van der Waals surface area contributed by atoms with E-state index in [1.165, 1.54) is 0 Å². The average Bonchev–Trinajstić information content (AvgIpc) is 2.68. The molecule has 0 heterocycles. The van der Waals surface area contributed by atoms with Crippen molar-refractivity contribution in [3.8, 4) is 17.2 Å². The summed E-state index contributed by atoms with van der Waals surface area (Å²) in [6, 6.07) is 13.7. The highest BCUT2D eigenvalue weighted by molar-refractivity contribution is 5.93. The lowest BCUT2D eigenvalue weighted by atomic mass is 10.2. The van der Waals surface area contributed by atoms with E-state index < -0.39 is 0 Å². The molecule has 2 aromatic carbocycles. The molecule has 2 rings (SSSR count). The van der Waals surface area contributed by atoms with Gasteiger partial charge >= 0.3 is 0 Å². The number of nitrogens with zero attached hydrogens (tertiary/aromatic N) is 1. The summed E-state index contributed by atoms with van der Waals surface area (Å²) in [4.78, 5) is 4.68. The summed E-state index contributed by atoms with van der Waals surface area (Å²) >= 11 is 0. The van der Waals surface area contributed by atoms with Crippen molar-refractivity contribution in [1.29, 1.82) is 0 Å². The number of guanidine groups is 1. The van der Waals surface area contributed by atoms with Gasteiger partial charge in [0.15, 0.2) is 17.5 Å². The molecule has 0 fully saturated rings. The first kappa shape index (κ1) is 20.4. The molecular formula is C21H29N3O3. The molecule has 146 valence electrons. The van der Waals surface area contributed by atoms with Crippen LogP contribution in [0.4, 0.5) is 5.69 Å². The van der Waals surface area contributed by atoms with Gasteiger partial charge in [-0.1, -0.05) is 18.2 Å². The van der Waals surface area contributed by atoms with Gasteiger partial charge in [0.2, 0.25) is 0 Å². The highest BCUT2D eigenvalue weighted by Crippen LogP contribution is 2.30. The van der Waals surface area contributed by atoms with Crippen LogP contribution in [0.25, 0.3) is 0 Å². The van der Waals surface area contributed by atoms with Crippen LogP contribution in [-0.4, -0.2) is 32.8 Å². The van der Waals surface area contributed by atoms with Gasteiger partial charge in [-0.25, -0.2) is 4.99 Å². The number of ether oxygens (including phenoxy) is 3. The minimum Gasteiger partial charge on any atom is -0.494 e. The molecule has 0 spiro atoms. The number of nitrogens with one attached hydrogen (secondary N) is 2. The Bertz CT molecular complexity index is 747. The molecule has 6 nitrogen and oxygen atoms in total. The van der Waals surface area contributed by atoms with Crippen LogP contribution < -0.4 is 24.8 Å². The second-order valence-electron chi connectivity index (χ2n) is 5.66. The van der Waals surface area contributed by atoms with Gasteiger partial charge in [0.25, 0.3) is 0 Å². The smallest absolute Gasteiger partial charge is 0.196 e. The van der Waals surface area contributed by atoms with Crippen LogP contribution in [0.15, 0.2) is 47.5 Å². The second kappa shape index (κ2) is 11.0. The Morgan fingerprint density at radius 3 is 2.37 bits per heavy atom. The SMILES string of the molecule is CCNC(=NCc1ccccc1OCC)Nc1ccc(OC)c(OCC)c1. The Morgan fingerprint density at radius 1 is 0.926 bits per heavy atom. The number of hydrogen-bond acceptors (Lipinski definition) is 4. The van der Waals surface area contributed by atoms with Gasteiger partial charge in [0, 0.05) is 23.9 Å². The molecule has 2 aromatic rings. The van der Waals surface area contributed by atoms with Gasteiger partial charge in [-0.05, 0) is 39.0 Å². The quantitative estimate of drug-likeness (QED) is 0.514. The van der Waals surface area contributed by atoms with E-state index in [-0.39, 0.29) is 0 Å². The van der Waals surface area contributed by atoms with Gasteiger partial charge in [0.1, 0.15) is 5.75 Å². The summed E-state index contributed by atoms with van der Waals surface area (Å²) in [5, 5.41) is 6.57. The lowest BCUT2D eigenvalue weighted by Crippen LogP contribution is -2.30. The first-order chi connectivity index (χ1) is 13.2. The topological polar surface area (TPSA) is 64.1 Å². The van der Waals surface area contributed by atoms with E-state index in [1.807, 2.05) is 63.2 Å². The fourth-order valence-electron chi connectivity index (χ4n) is 2.56. The highest BCUT2D eigenvalue weighted by Gasteiger charge is 2.08. The van der Waals surface area contributed by atoms with Crippen LogP contribution in [0.1, 0.15) is 26.3 Å². The van der Waals surface area contributed by atoms with Crippen molar-refractivity contribution in [2.24, 2.45) is 4.99 Å². The predicted octanol–water partition coefficient (Wildman–Crippen LogP) is 4.07. The number of rotatable bonds is 9. The molecule has 0 aliphatic heterocycles. The first-order valence-corrected chi connectivity index (χ1v) is 9.28. The molecular weight excluding hydrogens is 342 g/mol. The van der Waals surface area contributed by atoms with E-state index in [0.29, 0.717) is 37.2 Å². The summed E-state index contributed by atoms with van der Waals surface area (Å²) in [7, 11) is 1.63. The number of anilines is 1. The standard InChI is InChI=1S/C21H29N3O3/c1-5-22-21(23-15-16-10-8-9-11-18(16)26-6-2)24-17-12-13-19(25-4)20(14-17)27-7-3/h8-14H,5-7,15H2,1-4H3,(H2,22,23,24). The zero-order valence-corrected chi connectivity index (χ0v) is 16.5. The van der Waals surface area contributed by atoms with E-state index in [1.54, 1.807) is 7.11 Å². The summed E-state index contributed by atoms with van der Waals surface area (Å²) in [6.45, 7) is 8.43. The Morgan fingerprint density at radius 2 is 1.67 bits per heavy atom. The second-order valence-corrected chi connectivity index (χ2v) is 5.66. The summed E-state index contributed by atoms with van der Waals surface area (Å²) in [5.74, 6) is 2.96. The third-order valence-corrected chi connectivity index (χ3v) is 3.75. The number of aliphatic imine (C=N–C) groups is 1. The molecule has 0 unspecified atom stereocenters. The molecule has 0 aliphatic rings. The van der Waals surface area contributed by atoms with E-state index in [4.69, 9.17) is 14.2 Å². The molecule has 0 radical (unpaired) electrons. The van der Waals surface area contributed by atoms with Gasteiger partial charge in [-0.2, -0.15) is 0 Å². The number of hydrogen-bond donors (Lipinski definition) is 2. The zero-order valence-electron chi connectivity index (χ0n) is 16.5. The summed E-state index contributed by atoms with van der Waals surface area (Å²) in [6.07, 6.45) is 0. The van der Waals surface area contributed by atoms with Crippen LogP contribution in [-0.2, 0) is 6.54 Å². The fourth-order valence-corrected chi connectivity index (χ4v) is 2.56. The van der Waals surface area contributed by atoms with Crippen molar-refractivity contribution in [3.63, 3.8) is 0 Å². The molecule has 0 amide bonds. The molecule has 0 saturated heterocycles. The Labute approximate surface area is 161 Å². The molecule has 2 N–H and O–H groups in total. The Kier molecular flexibility index (Phi) is 8.29. The molecule has 0 atom stereocenters. The lowest BCUT2D eigenvalue weighted by Gasteiger charge is -2.15. The van der Waals surface area contributed by atoms with Crippen molar-refractivity contribution in [1.82, 2.24) is 5.32 Å². The van der Waals surface area contributed by atoms with Crippen LogP contribution in [0.2, 0.25) is 0 Å². The third-order valence-electron chi connectivity index (χ3n) is 3.75. The van der Waals surface area contributed by atoms with Crippen LogP contribution in [0, 0.1) is 0 Å². The zero-order chi connectivity index (χ0) is 19.5. The molecule has 0 saturated carbocycles. The van der Waals surface area contributed by atoms with Gasteiger partial charge < -0.3 is 24.8 Å².